The molecule has 0 aromatic rings. The Kier molecular flexibility index (Phi) is 21.2. The highest BCUT2D eigenvalue weighted by Crippen LogP contribution is 2.74. The number of esters is 1. The fourth-order valence-electron chi connectivity index (χ4n) is 16.7. The van der Waals surface area contributed by atoms with Gasteiger partial charge in [0.05, 0.1) is 63.4 Å². The van der Waals surface area contributed by atoms with E-state index in [1.54, 1.807) is 6.92 Å². The van der Waals surface area contributed by atoms with Gasteiger partial charge in [-0.1, -0.05) is 45.4 Å². The zero-order chi connectivity index (χ0) is 64.7. The summed E-state index contributed by atoms with van der Waals surface area (Å²) in [7, 11) is 0. The highest BCUT2D eigenvalue weighted by atomic mass is 16.8. The Labute approximate surface area is 509 Å². The van der Waals surface area contributed by atoms with E-state index >= 15 is 0 Å². The molecule has 5 aliphatic carbocycles. The van der Waals surface area contributed by atoms with Crippen LogP contribution in [0.5, 0.6) is 0 Å². The molecule has 33 atom stereocenters. The van der Waals surface area contributed by atoms with Gasteiger partial charge < -0.3 is 140 Å². The first-order valence-electron chi connectivity index (χ1n) is 30.7. The van der Waals surface area contributed by atoms with Crippen LogP contribution in [0.1, 0.15) is 92.9 Å². The van der Waals surface area contributed by atoms with Crippen LogP contribution < -0.4 is 0 Å². The number of rotatable bonds is 19. The molecule has 0 radical (unpaired) electrons. The van der Waals surface area contributed by atoms with Crippen molar-refractivity contribution in [3.63, 3.8) is 0 Å². The maximum atomic E-state index is 14.4. The minimum Gasteiger partial charge on any atom is -0.462 e. The first kappa shape index (κ1) is 70.2. The van der Waals surface area contributed by atoms with Gasteiger partial charge in [-0.3, -0.25) is 4.79 Å². The van der Waals surface area contributed by atoms with E-state index in [1.165, 1.54) is 6.92 Å². The topological polar surface area (TPSA) is 485 Å². The number of fused-ring (bicyclic) bond motifs is 6. The molecule has 0 unspecified atom stereocenters. The molecule has 29 nitrogen and oxygen atoms in total. The second-order valence-electron chi connectivity index (χ2n) is 27.7. The number of allylic oxidation sites excluding steroid dienone is 3. The molecule has 3 saturated carbocycles. The van der Waals surface area contributed by atoms with Gasteiger partial charge in [0.1, 0.15) is 116 Å². The van der Waals surface area contributed by atoms with E-state index in [1.807, 2.05) is 6.92 Å². The van der Waals surface area contributed by atoms with Gasteiger partial charge in [-0.2, -0.15) is 0 Å². The number of hydrogen-bond acceptors (Lipinski definition) is 29. The summed E-state index contributed by atoms with van der Waals surface area (Å²) in [5.41, 5.74) is -3.62. The van der Waals surface area contributed by atoms with Crippen molar-refractivity contribution < 1.29 is 144 Å². The standard InChI is InChI=1S/C59H96O29/c1-24-36(68)47(87-52-48(43(75)39(71)30(19-62)84-52)88-50-45(77)41(73)38(70)29(18-61)83-50)46(78)51(82-24)86-35-10-11-55(3)32(56(35,4)22-63)9-12-57(5)33(55)8-7-25-26-15-54(2,13-14-59(26,23-64)34(67)16-58(25,57)6)53(79)81-21-31-40(72)42(74)44(76)49(85-31)80-20-28(66)37(69)27(65)17-60/h7-8,24,27-52,60-78H,9-23H2,1-6H3/t24-,27+,28-,29-,30-,31+,32+,33+,34+,35-,36-,37+,38-,39-,40+,41+,42-,43+,44+,45-,46-,47+,48-,49+,50+,51+,52+,54+,55+,56-,57-,58-,59-/m0/s1. The van der Waals surface area contributed by atoms with Crippen molar-refractivity contribution >= 4 is 5.97 Å². The molecule has 7 fully saturated rings. The van der Waals surface area contributed by atoms with Crippen LogP contribution in [0.2, 0.25) is 0 Å². The van der Waals surface area contributed by atoms with Crippen LogP contribution in [0.15, 0.2) is 23.3 Å². The number of aliphatic hydroxyl groups is 19. The van der Waals surface area contributed by atoms with Gasteiger partial charge in [0, 0.05) is 16.2 Å². The zero-order valence-corrected chi connectivity index (χ0v) is 50.4. The third-order valence-corrected chi connectivity index (χ3v) is 22.7. The predicted octanol–water partition coefficient (Wildman–Crippen LogP) is -6.07. The lowest BCUT2D eigenvalue weighted by Crippen LogP contribution is -2.67. The monoisotopic (exact) mass is 1270 g/mol. The lowest BCUT2D eigenvalue weighted by molar-refractivity contribution is -0.391. The normalized spacial score (nSPS) is 51.5. The van der Waals surface area contributed by atoms with Crippen molar-refractivity contribution in [1.82, 2.24) is 0 Å². The van der Waals surface area contributed by atoms with Crippen LogP contribution in [0.3, 0.4) is 0 Å². The van der Waals surface area contributed by atoms with Crippen molar-refractivity contribution in [3.8, 4) is 0 Å². The van der Waals surface area contributed by atoms with Gasteiger partial charge in [0.2, 0.25) is 0 Å². The minimum atomic E-state index is -1.96. The van der Waals surface area contributed by atoms with Crippen LogP contribution >= 0.6 is 0 Å². The highest BCUT2D eigenvalue weighted by molar-refractivity contribution is 5.77. The van der Waals surface area contributed by atoms with E-state index in [2.05, 4.69) is 32.9 Å². The summed E-state index contributed by atoms with van der Waals surface area (Å²) >= 11 is 0. The molecule has 0 bridgehead atoms. The van der Waals surface area contributed by atoms with Crippen molar-refractivity contribution in [2.24, 2.45) is 44.3 Å². The summed E-state index contributed by atoms with van der Waals surface area (Å²) in [6.45, 7) is 6.96. The Morgan fingerprint density at radius 1 is 0.614 bits per heavy atom. The molecule has 4 saturated heterocycles. The maximum Gasteiger partial charge on any atom is 0.312 e. The largest absolute Gasteiger partial charge is 0.462 e. The first-order valence-corrected chi connectivity index (χ1v) is 30.7. The summed E-state index contributed by atoms with van der Waals surface area (Å²) in [6, 6.07) is 0. The second kappa shape index (κ2) is 26.6. The molecule has 9 rings (SSSR count). The first-order chi connectivity index (χ1) is 41.3. The zero-order valence-electron chi connectivity index (χ0n) is 50.4. The van der Waals surface area contributed by atoms with Crippen molar-refractivity contribution in [1.29, 1.82) is 0 Å². The summed E-state index contributed by atoms with van der Waals surface area (Å²) < 4.78 is 53.1. The van der Waals surface area contributed by atoms with Crippen molar-refractivity contribution in [3.05, 3.63) is 23.3 Å². The number of carbonyl (C=O) groups is 1. The molecular formula is C59H96O29. The van der Waals surface area contributed by atoms with E-state index < -0.39 is 231 Å². The lowest BCUT2D eigenvalue weighted by atomic mass is 9.35. The highest BCUT2D eigenvalue weighted by Gasteiger charge is 2.70. The average molecular weight is 1270 g/mol. The van der Waals surface area contributed by atoms with Crippen molar-refractivity contribution in [2.75, 3.05) is 46.2 Å². The maximum absolute atomic E-state index is 14.4. The number of carbonyl (C=O) groups excluding carboxylic acids is 1. The third-order valence-electron chi connectivity index (χ3n) is 22.7. The van der Waals surface area contributed by atoms with E-state index in [0.29, 0.717) is 31.3 Å². The van der Waals surface area contributed by atoms with E-state index in [4.69, 9.17) is 47.7 Å². The van der Waals surface area contributed by atoms with Crippen LogP contribution in [-0.2, 0) is 47.4 Å². The Bertz CT molecular complexity index is 2460. The van der Waals surface area contributed by atoms with E-state index in [-0.39, 0.29) is 44.1 Å². The Hall–Kier alpha value is -2.13. The summed E-state index contributed by atoms with van der Waals surface area (Å²) in [6.07, 6.45) is -34.3. The number of hydrogen-bond donors (Lipinski definition) is 19. The van der Waals surface area contributed by atoms with Gasteiger partial charge in [-0.15, -0.1) is 0 Å². The summed E-state index contributed by atoms with van der Waals surface area (Å²) in [5, 5.41) is 204. The van der Waals surface area contributed by atoms with Gasteiger partial charge in [0.15, 0.2) is 25.2 Å². The Morgan fingerprint density at radius 2 is 1.20 bits per heavy atom. The molecular weight excluding hydrogens is 1170 g/mol. The van der Waals surface area contributed by atoms with Crippen molar-refractivity contribution in [2.45, 2.75) is 246 Å². The molecule has 4 heterocycles. The van der Waals surface area contributed by atoms with Crippen LogP contribution in [0.4, 0.5) is 0 Å². The number of aliphatic hydroxyl groups excluding tert-OH is 19. The van der Waals surface area contributed by atoms with E-state index in [9.17, 15) is 96.7 Å². The fourth-order valence-corrected chi connectivity index (χ4v) is 16.7. The quantitative estimate of drug-likeness (QED) is 0.0423. The molecule has 4 aliphatic heterocycles. The Balaban J connectivity index is 0.919. The number of ether oxygens (including phenoxy) is 9. The van der Waals surface area contributed by atoms with Gasteiger partial charge in [0.25, 0.3) is 0 Å². The fraction of sp³-hybridized carbons (Fsp3) is 0.915. The molecule has 9 aliphatic rings. The van der Waals surface area contributed by atoms with E-state index in [0.717, 1.165) is 5.57 Å². The average Bonchev–Trinajstić information content (AvgIpc) is 0.677. The third kappa shape index (κ3) is 11.8. The predicted molar refractivity (Wildman–Crippen MR) is 294 cm³/mol. The summed E-state index contributed by atoms with van der Waals surface area (Å²) in [5.74, 6) is -1.12. The molecule has 0 aromatic heterocycles. The van der Waals surface area contributed by atoms with Gasteiger partial charge in [-0.25, -0.2) is 0 Å². The van der Waals surface area contributed by atoms with Gasteiger partial charge in [-0.05, 0) is 93.5 Å². The molecule has 506 valence electrons. The van der Waals surface area contributed by atoms with Crippen LogP contribution in [0.25, 0.3) is 0 Å². The molecule has 0 aromatic carbocycles. The smallest absolute Gasteiger partial charge is 0.312 e. The van der Waals surface area contributed by atoms with Crippen LogP contribution in [-0.4, -0.2) is 303 Å². The SMILES string of the molecule is C[C@@H]1O[C@H](O[C@H]2CC[C@]3(C)[C@@H](CC[C@@]4(C)[C@@H]3C=CC3=C5C[C@](C)(C(=O)OC[C@H]6O[C@@H](OC[C@H](O)[C@H](O)[C@H](O)CO)[C@H](O)[C@@H](O)[C@@H]6O)CC[C@@]5(CO)[C@H](O)C[C@@]34C)[C@]2(C)CO)[C@@H](O)[C@H](O[C@H]2O[C@@H](CO)[C@H](O)[C@@H](O)[C@@H]2O[C@H]2O[C@@H](CO)[C@H](O)[C@@H](O)[C@@H]2O)[C@H]1O. The van der Waals surface area contributed by atoms with Gasteiger partial charge >= 0.3 is 5.97 Å². The molecule has 19 N–H and O–H groups in total. The lowest BCUT2D eigenvalue weighted by Gasteiger charge is -2.70. The molecule has 0 amide bonds. The van der Waals surface area contributed by atoms with Crippen LogP contribution in [0, 0.1) is 44.3 Å². The summed E-state index contributed by atoms with van der Waals surface area (Å²) in [4.78, 5) is 14.4. The molecule has 29 heteroatoms. The molecule has 0 spiro atoms. The molecule has 88 heavy (non-hydrogen) atoms. The minimum absolute atomic E-state index is 0.0666. The second-order valence-corrected chi connectivity index (χ2v) is 27.7. The Morgan fingerprint density at radius 3 is 1.83 bits per heavy atom.